The van der Waals surface area contributed by atoms with E-state index in [-0.39, 0.29) is 5.91 Å². The Kier molecular flexibility index (Phi) is 5.16. The molecule has 0 radical (unpaired) electrons. The summed E-state index contributed by atoms with van der Waals surface area (Å²) in [4.78, 5) is 24.5. The fourth-order valence-electron chi connectivity index (χ4n) is 3.44. The van der Waals surface area contributed by atoms with E-state index in [1.807, 2.05) is 72.2 Å². The van der Waals surface area contributed by atoms with Gasteiger partial charge in [-0.3, -0.25) is 9.78 Å². The Bertz CT molecular complexity index is 1340. The monoisotopic (exact) mass is 425 g/mol. The lowest BCUT2D eigenvalue weighted by atomic mass is 10.1. The maximum atomic E-state index is 12.6. The lowest BCUT2D eigenvalue weighted by Crippen LogP contribution is -2.14. The summed E-state index contributed by atoms with van der Waals surface area (Å²) in [6, 6.07) is 19.5. The largest absolute Gasteiger partial charge is 0.361 e. The second-order valence-electron chi connectivity index (χ2n) is 7.06. The van der Waals surface area contributed by atoms with E-state index in [1.54, 1.807) is 12.4 Å². The molecule has 1 amide bonds. The van der Waals surface area contributed by atoms with Crippen LogP contribution < -0.4 is 10.6 Å². The molecule has 3 aromatic heterocycles. The van der Waals surface area contributed by atoms with Gasteiger partial charge in [0.1, 0.15) is 0 Å². The number of H-pyrrole nitrogens is 1. The van der Waals surface area contributed by atoms with Crippen molar-refractivity contribution in [1.82, 2.24) is 15.0 Å². The highest BCUT2D eigenvalue weighted by Crippen LogP contribution is 2.28. The Labute approximate surface area is 183 Å². The number of aromatic amines is 1. The van der Waals surface area contributed by atoms with E-state index in [1.165, 1.54) is 11.3 Å². The molecule has 6 nitrogen and oxygen atoms in total. The number of aromatic nitrogens is 3. The zero-order chi connectivity index (χ0) is 21.0. The molecule has 5 rings (SSSR count). The fourth-order valence-corrected chi connectivity index (χ4v) is 4.18. The van der Waals surface area contributed by atoms with Crippen LogP contribution in [0.25, 0.3) is 22.2 Å². The van der Waals surface area contributed by atoms with Crippen molar-refractivity contribution in [3.05, 3.63) is 90.2 Å². The first-order chi connectivity index (χ1) is 15.2. The molecular weight excluding hydrogens is 406 g/mol. The van der Waals surface area contributed by atoms with Gasteiger partial charge in [-0.15, -0.1) is 11.3 Å². The molecule has 0 spiro atoms. The number of pyridine rings is 1. The Balaban J connectivity index is 1.26. The Morgan fingerprint density at radius 2 is 1.84 bits per heavy atom. The van der Waals surface area contributed by atoms with Crippen LogP contribution in [0.1, 0.15) is 5.56 Å². The molecule has 31 heavy (non-hydrogen) atoms. The third kappa shape index (κ3) is 4.31. The predicted octanol–water partition coefficient (Wildman–Crippen LogP) is 5.61. The van der Waals surface area contributed by atoms with Crippen LogP contribution >= 0.6 is 11.3 Å². The molecule has 0 unspecified atom stereocenters. The summed E-state index contributed by atoms with van der Waals surface area (Å²) in [5.74, 6) is -0.0591. The number of benzene rings is 2. The molecule has 152 valence electrons. The summed E-state index contributed by atoms with van der Waals surface area (Å²) in [7, 11) is 0. The maximum absolute atomic E-state index is 12.6. The Morgan fingerprint density at radius 3 is 2.74 bits per heavy atom. The lowest BCUT2D eigenvalue weighted by molar-refractivity contribution is -0.115. The average Bonchev–Trinajstić information content (AvgIpc) is 3.42. The summed E-state index contributed by atoms with van der Waals surface area (Å²) in [5, 5.41) is 10.2. The van der Waals surface area contributed by atoms with Gasteiger partial charge in [-0.1, -0.05) is 24.3 Å². The molecule has 7 heteroatoms. The third-order valence-electron chi connectivity index (χ3n) is 4.90. The second-order valence-corrected chi connectivity index (χ2v) is 7.92. The number of thiazole rings is 1. The molecule has 0 aliphatic heterocycles. The first-order valence-electron chi connectivity index (χ1n) is 9.82. The molecule has 0 saturated heterocycles. The summed E-state index contributed by atoms with van der Waals surface area (Å²) in [6.45, 7) is 0. The molecule has 3 heterocycles. The summed E-state index contributed by atoms with van der Waals surface area (Å²) in [6.07, 6.45) is 5.71. The zero-order valence-corrected chi connectivity index (χ0v) is 17.3. The first kappa shape index (κ1) is 19.0. The molecule has 0 bridgehead atoms. The molecule has 2 aromatic carbocycles. The van der Waals surface area contributed by atoms with Gasteiger partial charge in [-0.25, -0.2) is 4.98 Å². The number of fused-ring (bicyclic) bond motifs is 1. The number of hydrogen-bond acceptors (Lipinski definition) is 5. The van der Waals surface area contributed by atoms with Crippen molar-refractivity contribution in [3.8, 4) is 11.3 Å². The lowest BCUT2D eigenvalue weighted by Gasteiger charge is -2.08. The van der Waals surface area contributed by atoms with Gasteiger partial charge in [-0.05, 0) is 42.0 Å². The number of rotatable bonds is 6. The Hall–Kier alpha value is -3.97. The topological polar surface area (TPSA) is 82.7 Å². The SMILES string of the molecule is O=C(Cc1c[nH]c2ccccc12)Nc1cccc(Nc2nc(-c3ccncc3)cs2)c1. The molecular formula is C24H19N5OS. The molecule has 0 saturated carbocycles. The molecule has 0 fully saturated rings. The van der Waals surface area contributed by atoms with Crippen LogP contribution in [0.15, 0.2) is 84.6 Å². The minimum Gasteiger partial charge on any atom is -0.361 e. The van der Waals surface area contributed by atoms with E-state index >= 15 is 0 Å². The van der Waals surface area contributed by atoms with Crippen molar-refractivity contribution in [2.45, 2.75) is 6.42 Å². The molecule has 3 N–H and O–H groups in total. The predicted molar refractivity (Wildman–Crippen MR) is 126 cm³/mol. The van der Waals surface area contributed by atoms with E-state index < -0.39 is 0 Å². The van der Waals surface area contributed by atoms with Gasteiger partial charge in [0.15, 0.2) is 5.13 Å². The second kappa shape index (κ2) is 8.41. The van der Waals surface area contributed by atoms with Crippen LogP contribution in [0.2, 0.25) is 0 Å². The van der Waals surface area contributed by atoms with E-state index in [4.69, 9.17) is 0 Å². The van der Waals surface area contributed by atoms with Crippen molar-refractivity contribution >= 4 is 44.7 Å². The average molecular weight is 426 g/mol. The third-order valence-corrected chi connectivity index (χ3v) is 5.66. The van der Waals surface area contributed by atoms with Gasteiger partial charge in [0.05, 0.1) is 12.1 Å². The number of carbonyl (C=O) groups is 1. The van der Waals surface area contributed by atoms with Gasteiger partial charge < -0.3 is 15.6 Å². The van der Waals surface area contributed by atoms with E-state index in [9.17, 15) is 4.79 Å². The number of amides is 1. The summed E-state index contributed by atoms with van der Waals surface area (Å²) >= 11 is 1.53. The number of para-hydroxylation sites is 1. The van der Waals surface area contributed by atoms with Crippen LogP contribution in [0, 0.1) is 0 Å². The van der Waals surface area contributed by atoms with Gasteiger partial charge in [0, 0.05) is 51.8 Å². The smallest absolute Gasteiger partial charge is 0.228 e. The van der Waals surface area contributed by atoms with Crippen molar-refractivity contribution in [2.75, 3.05) is 10.6 Å². The quantitative estimate of drug-likeness (QED) is 0.330. The normalized spacial score (nSPS) is 10.8. The summed E-state index contributed by atoms with van der Waals surface area (Å²) in [5.41, 5.74) is 5.54. The minimum atomic E-state index is -0.0591. The molecule has 0 atom stereocenters. The number of nitrogens with one attached hydrogen (secondary N) is 3. The zero-order valence-electron chi connectivity index (χ0n) is 16.5. The van der Waals surface area contributed by atoms with E-state index in [2.05, 4.69) is 25.6 Å². The fraction of sp³-hybridized carbons (Fsp3) is 0.0417. The van der Waals surface area contributed by atoms with Crippen molar-refractivity contribution in [3.63, 3.8) is 0 Å². The molecule has 0 aliphatic carbocycles. The summed E-state index contributed by atoms with van der Waals surface area (Å²) < 4.78 is 0. The number of carbonyl (C=O) groups excluding carboxylic acids is 1. The number of nitrogens with zero attached hydrogens (tertiary/aromatic N) is 2. The highest BCUT2D eigenvalue weighted by atomic mass is 32.1. The van der Waals surface area contributed by atoms with Crippen LogP contribution in [0.4, 0.5) is 16.5 Å². The van der Waals surface area contributed by atoms with Crippen molar-refractivity contribution < 1.29 is 4.79 Å². The molecule has 0 aliphatic rings. The standard InChI is InChI=1S/C24H19N5OS/c30-23(12-17-14-26-21-7-2-1-6-20(17)21)27-18-4-3-5-19(13-18)28-24-29-22(15-31-24)16-8-10-25-11-9-16/h1-11,13-15,26H,12H2,(H,27,30)(H,28,29). The van der Waals surface area contributed by atoms with Gasteiger partial charge in [0.2, 0.25) is 5.91 Å². The maximum Gasteiger partial charge on any atom is 0.228 e. The van der Waals surface area contributed by atoms with Crippen molar-refractivity contribution in [2.24, 2.45) is 0 Å². The highest BCUT2D eigenvalue weighted by Gasteiger charge is 2.10. The highest BCUT2D eigenvalue weighted by molar-refractivity contribution is 7.14. The Morgan fingerprint density at radius 1 is 1.00 bits per heavy atom. The van der Waals surface area contributed by atoms with Crippen LogP contribution in [0.5, 0.6) is 0 Å². The first-order valence-corrected chi connectivity index (χ1v) is 10.7. The van der Waals surface area contributed by atoms with E-state index in [0.29, 0.717) is 6.42 Å². The van der Waals surface area contributed by atoms with Crippen LogP contribution in [-0.4, -0.2) is 20.9 Å². The number of anilines is 3. The van der Waals surface area contributed by atoms with E-state index in [0.717, 1.165) is 44.2 Å². The van der Waals surface area contributed by atoms with Gasteiger partial charge in [-0.2, -0.15) is 0 Å². The van der Waals surface area contributed by atoms with Crippen LogP contribution in [0.3, 0.4) is 0 Å². The van der Waals surface area contributed by atoms with Crippen molar-refractivity contribution in [1.29, 1.82) is 0 Å². The number of hydrogen-bond donors (Lipinski definition) is 3. The van der Waals surface area contributed by atoms with Gasteiger partial charge in [0.25, 0.3) is 0 Å². The molecule has 5 aromatic rings. The van der Waals surface area contributed by atoms with Crippen LogP contribution in [-0.2, 0) is 11.2 Å². The minimum absolute atomic E-state index is 0.0591. The van der Waals surface area contributed by atoms with Gasteiger partial charge >= 0.3 is 0 Å².